The molecule has 3 rings (SSSR count). The normalized spacial score (nSPS) is 25.9. The highest BCUT2D eigenvalue weighted by Gasteiger charge is 2.39. The van der Waals surface area contributed by atoms with Crippen LogP contribution in [0.4, 0.5) is 5.69 Å². The number of hydrogen-bond donors (Lipinski definition) is 1. The van der Waals surface area contributed by atoms with Crippen molar-refractivity contribution in [1.82, 2.24) is 5.32 Å². The van der Waals surface area contributed by atoms with E-state index in [0.29, 0.717) is 11.6 Å². The van der Waals surface area contributed by atoms with Crippen LogP contribution in [0.15, 0.2) is 18.2 Å². The van der Waals surface area contributed by atoms with E-state index in [0.717, 1.165) is 18.1 Å². The van der Waals surface area contributed by atoms with Crippen molar-refractivity contribution in [3.8, 4) is 0 Å². The molecular formula is C17H25ClN2. The van der Waals surface area contributed by atoms with Crippen molar-refractivity contribution < 1.29 is 0 Å². The maximum atomic E-state index is 6.49. The number of nitrogens with zero attached hydrogens (tertiary/aromatic N) is 1. The molecule has 2 nitrogen and oxygen atoms in total. The largest absolute Gasteiger partial charge is 0.364 e. The molecule has 0 amide bonds. The van der Waals surface area contributed by atoms with Crippen LogP contribution in [-0.4, -0.2) is 24.7 Å². The highest BCUT2D eigenvalue weighted by atomic mass is 35.5. The summed E-state index contributed by atoms with van der Waals surface area (Å²) >= 11 is 6.49. The molecule has 1 aliphatic carbocycles. The number of benzene rings is 1. The molecule has 1 aromatic carbocycles. The number of rotatable bonds is 1. The Balaban J connectivity index is 1.86. The van der Waals surface area contributed by atoms with Gasteiger partial charge in [0, 0.05) is 24.7 Å². The lowest BCUT2D eigenvalue weighted by Crippen LogP contribution is -2.64. The molecule has 3 heteroatoms. The second kappa shape index (κ2) is 5.57. The minimum atomic E-state index is 0.318. The van der Waals surface area contributed by atoms with Gasteiger partial charge < -0.3 is 10.2 Å². The molecule has 20 heavy (non-hydrogen) atoms. The zero-order valence-electron chi connectivity index (χ0n) is 12.6. The van der Waals surface area contributed by atoms with Crippen LogP contribution in [0.25, 0.3) is 0 Å². The quantitative estimate of drug-likeness (QED) is 0.836. The molecule has 1 saturated carbocycles. The van der Waals surface area contributed by atoms with Gasteiger partial charge in [0.2, 0.25) is 0 Å². The Labute approximate surface area is 127 Å². The second-order valence-corrected chi connectivity index (χ2v) is 7.06. The van der Waals surface area contributed by atoms with Gasteiger partial charge in [0.15, 0.2) is 0 Å². The summed E-state index contributed by atoms with van der Waals surface area (Å²) in [7, 11) is 0. The van der Waals surface area contributed by atoms with Gasteiger partial charge in [-0.05, 0) is 44.4 Å². The molecule has 0 bridgehead atoms. The van der Waals surface area contributed by atoms with Gasteiger partial charge in [0.05, 0.1) is 10.7 Å². The highest BCUT2D eigenvalue weighted by Crippen LogP contribution is 2.36. The molecule has 110 valence electrons. The molecule has 1 aliphatic heterocycles. The molecule has 1 saturated heterocycles. The van der Waals surface area contributed by atoms with E-state index in [2.05, 4.69) is 42.3 Å². The minimum Gasteiger partial charge on any atom is -0.364 e. The van der Waals surface area contributed by atoms with Crippen LogP contribution in [0.5, 0.6) is 0 Å². The molecule has 1 heterocycles. The summed E-state index contributed by atoms with van der Waals surface area (Å²) in [4.78, 5) is 2.52. The van der Waals surface area contributed by atoms with Gasteiger partial charge in [0.25, 0.3) is 0 Å². The lowest BCUT2D eigenvalue weighted by molar-refractivity contribution is 0.200. The first-order chi connectivity index (χ1) is 9.60. The Hall–Kier alpha value is -0.730. The monoisotopic (exact) mass is 292 g/mol. The van der Waals surface area contributed by atoms with Crippen molar-refractivity contribution in [3.63, 3.8) is 0 Å². The summed E-state index contributed by atoms with van der Waals surface area (Å²) in [6, 6.07) is 6.95. The first kappa shape index (κ1) is 14.2. The summed E-state index contributed by atoms with van der Waals surface area (Å²) in [5.41, 5.74) is 2.75. The molecule has 2 aliphatic rings. The predicted octanol–water partition coefficient (Wildman–Crippen LogP) is 4.15. The van der Waals surface area contributed by atoms with Crippen LogP contribution < -0.4 is 10.2 Å². The second-order valence-electron chi connectivity index (χ2n) is 6.65. The van der Waals surface area contributed by atoms with E-state index < -0.39 is 0 Å². The van der Waals surface area contributed by atoms with Gasteiger partial charge in [-0.15, -0.1) is 0 Å². The van der Waals surface area contributed by atoms with Crippen LogP contribution >= 0.6 is 11.6 Å². The summed E-state index contributed by atoms with van der Waals surface area (Å²) in [6.07, 6.45) is 6.72. The van der Waals surface area contributed by atoms with Gasteiger partial charge in [-0.1, -0.05) is 36.9 Å². The fraction of sp³-hybridized carbons (Fsp3) is 0.647. The SMILES string of the molecule is Cc1ccc(N2CC3(CCCCC3)NCC2C)c(Cl)c1. The fourth-order valence-electron chi connectivity index (χ4n) is 3.74. The molecule has 1 N–H and O–H groups in total. The lowest BCUT2D eigenvalue weighted by atomic mass is 9.79. The van der Waals surface area contributed by atoms with Crippen LogP contribution in [0.1, 0.15) is 44.6 Å². The zero-order valence-corrected chi connectivity index (χ0v) is 13.3. The summed E-state index contributed by atoms with van der Waals surface area (Å²) < 4.78 is 0. The number of halogens is 1. The predicted molar refractivity (Wildman–Crippen MR) is 86.8 cm³/mol. The van der Waals surface area contributed by atoms with Crippen molar-refractivity contribution in [2.24, 2.45) is 0 Å². The van der Waals surface area contributed by atoms with Crippen molar-refractivity contribution in [1.29, 1.82) is 0 Å². The molecule has 0 radical (unpaired) electrons. The Morgan fingerprint density at radius 2 is 2.00 bits per heavy atom. The van der Waals surface area contributed by atoms with Crippen LogP contribution in [-0.2, 0) is 0 Å². The molecule has 0 aromatic heterocycles. The molecule has 1 spiro atoms. The van der Waals surface area contributed by atoms with E-state index in [-0.39, 0.29) is 0 Å². The molecule has 1 unspecified atom stereocenters. The molecular weight excluding hydrogens is 268 g/mol. The lowest BCUT2D eigenvalue weighted by Gasteiger charge is -2.50. The van der Waals surface area contributed by atoms with Crippen molar-refractivity contribution in [3.05, 3.63) is 28.8 Å². The Bertz CT molecular complexity index is 480. The number of piperazine rings is 1. The third kappa shape index (κ3) is 2.68. The van der Waals surface area contributed by atoms with E-state index in [9.17, 15) is 0 Å². The van der Waals surface area contributed by atoms with Gasteiger partial charge in [-0.2, -0.15) is 0 Å². The van der Waals surface area contributed by atoms with Gasteiger partial charge in [0.1, 0.15) is 0 Å². The smallest absolute Gasteiger partial charge is 0.0642 e. The van der Waals surface area contributed by atoms with Crippen LogP contribution in [0, 0.1) is 6.92 Å². The van der Waals surface area contributed by atoms with E-state index in [4.69, 9.17) is 11.6 Å². The average molecular weight is 293 g/mol. The average Bonchev–Trinajstić information content (AvgIpc) is 2.43. The van der Waals surface area contributed by atoms with E-state index in [1.165, 1.54) is 43.4 Å². The third-order valence-corrected chi connectivity index (χ3v) is 5.30. The standard InChI is InChI=1S/C17H25ClN2/c1-13-6-7-16(15(18)10-13)20-12-17(19-11-14(20)2)8-4-3-5-9-17/h6-7,10,14,19H,3-5,8-9,11-12H2,1-2H3. The van der Waals surface area contributed by atoms with Crippen LogP contribution in [0.2, 0.25) is 5.02 Å². The molecule has 2 fully saturated rings. The number of hydrogen-bond acceptors (Lipinski definition) is 2. The first-order valence-corrected chi connectivity index (χ1v) is 8.25. The van der Waals surface area contributed by atoms with E-state index in [1.54, 1.807) is 0 Å². The maximum absolute atomic E-state index is 6.49. The summed E-state index contributed by atoms with van der Waals surface area (Å²) in [6.45, 7) is 6.54. The van der Waals surface area contributed by atoms with Crippen LogP contribution in [0.3, 0.4) is 0 Å². The number of aryl methyl sites for hydroxylation is 1. The molecule has 1 atom stereocenters. The summed E-state index contributed by atoms with van der Waals surface area (Å²) in [5.74, 6) is 0. The fourth-order valence-corrected chi connectivity index (χ4v) is 4.09. The van der Waals surface area contributed by atoms with Gasteiger partial charge in [-0.25, -0.2) is 0 Å². The Kier molecular flexibility index (Phi) is 3.96. The minimum absolute atomic E-state index is 0.318. The van der Waals surface area contributed by atoms with Gasteiger partial charge >= 0.3 is 0 Å². The Morgan fingerprint density at radius 1 is 1.25 bits per heavy atom. The summed E-state index contributed by atoms with van der Waals surface area (Å²) in [5, 5.41) is 4.72. The number of anilines is 1. The van der Waals surface area contributed by atoms with E-state index in [1.807, 2.05) is 0 Å². The topological polar surface area (TPSA) is 15.3 Å². The Morgan fingerprint density at radius 3 is 2.70 bits per heavy atom. The number of nitrogens with one attached hydrogen (secondary N) is 1. The van der Waals surface area contributed by atoms with Gasteiger partial charge in [-0.3, -0.25) is 0 Å². The van der Waals surface area contributed by atoms with E-state index >= 15 is 0 Å². The first-order valence-electron chi connectivity index (χ1n) is 7.87. The van der Waals surface area contributed by atoms with Crippen molar-refractivity contribution in [2.75, 3.05) is 18.0 Å². The van der Waals surface area contributed by atoms with Crippen molar-refractivity contribution in [2.45, 2.75) is 57.5 Å². The maximum Gasteiger partial charge on any atom is 0.0642 e. The highest BCUT2D eigenvalue weighted by molar-refractivity contribution is 6.33. The third-order valence-electron chi connectivity index (χ3n) is 5.00. The zero-order chi connectivity index (χ0) is 14.2. The molecule has 1 aromatic rings. The van der Waals surface area contributed by atoms with Crippen molar-refractivity contribution >= 4 is 17.3 Å².